The molecule has 1 heterocycles. The summed E-state index contributed by atoms with van der Waals surface area (Å²) in [6, 6.07) is 59.7. The molecule has 0 aromatic heterocycles. The van der Waals surface area contributed by atoms with Crippen molar-refractivity contribution in [1.29, 1.82) is 0 Å². The maximum atomic E-state index is 6.75. The smallest absolute Gasteiger partial charge is 0.132 e. The van der Waals surface area contributed by atoms with Gasteiger partial charge in [-0.25, -0.2) is 0 Å². The average molecular weight is 616 g/mol. The molecule has 0 atom stereocenters. The molecule has 3 aliphatic rings. The summed E-state index contributed by atoms with van der Waals surface area (Å²) in [5.41, 5.74) is 15.6. The van der Waals surface area contributed by atoms with Crippen LogP contribution in [0.5, 0.6) is 11.5 Å². The largest absolute Gasteiger partial charge is 0.457 e. The standard InChI is InChI=1S/C46H33NO/c1-45(2)37-19-9-6-16-33(37)36-26-24-31(28-41(36)45)47(30-14-4-3-5-15-30)32-25-27-44-42(29-32)46(40-22-12-13-23-43(40)48-44)38-20-10-7-17-34(38)35-18-8-11-21-39(35)46/h3-29H,1-2H3. The molecule has 7 aromatic carbocycles. The number of para-hydroxylation sites is 2. The van der Waals surface area contributed by atoms with E-state index in [1.807, 2.05) is 0 Å². The fourth-order valence-corrected chi connectivity index (χ4v) is 8.84. The highest BCUT2D eigenvalue weighted by atomic mass is 16.5. The molecule has 0 bridgehead atoms. The van der Waals surface area contributed by atoms with Gasteiger partial charge in [0.2, 0.25) is 0 Å². The lowest BCUT2D eigenvalue weighted by Crippen LogP contribution is -2.32. The van der Waals surface area contributed by atoms with Crippen LogP contribution in [0.4, 0.5) is 17.1 Å². The second kappa shape index (κ2) is 9.82. The van der Waals surface area contributed by atoms with Crippen molar-refractivity contribution in [2.24, 2.45) is 0 Å². The fourth-order valence-electron chi connectivity index (χ4n) is 8.84. The van der Waals surface area contributed by atoms with Crippen LogP contribution in [0.3, 0.4) is 0 Å². The molecule has 1 spiro atoms. The minimum atomic E-state index is -0.517. The van der Waals surface area contributed by atoms with Crippen molar-refractivity contribution in [2.75, 3.05) is 4.90 Å². The first-order chi connectivity index (χ1) is 23.6. The zero-order valence-electron chi connectivity index (χ0n) is 26.9. The van der Waals surface area contributed by atoms with Crippen molar-refractivity contribution in [3.05, 3.63) is 197 Å². The first kappa shape index (κ1) is 27.3. The third-order valence-electron chi connectivity index (χ3n) is 10.9. The molecule has 0 N–H and O–H groups in total. The Balaban J connectivity index is 1.23. The van der Waals surface area contributed by atoms with Crippen LogP contribution in [0.25, 0.3) is 22.3 Å². The van der Waals surface area contributed by atoms with E-state index in [1.165, 1.54) is 50.1 Å². The van der Waals surface area contributed by atoms with Gasteiger partial charge in [-0.05, 0) is 93.0 Å². The van der Waals surface area contributed by atoms with Crippen molar-refractivity contribution in [2.45, 2.75) is 24.7 Å². The summed E-state index contributed by atoms with van der Waals surface area (Å²) in [6.07, 6.45) is 0. The quantitative estimate of drug-likeness (QED) is 0.196. The predicted octanol–water partition coefficient (Wildman–Crippen LogP) is 11.9. The van der Waals surface area contributed by atoms with Crippen LogP contribution in [-0.4, -0.2) is 0 Å². The molecular weight excluding hydrogens is 583 g/mol. The lowest BCUT2D eigenvalue weighted by atomic mass is 9.66. The minimum absolute atomic E-state index is 0.0982. The molecule has 0 unspecified atom stereocenters. The average Bonchev–Trinajstić information content (AvgIpc) is 3.55. The first-order valence-electron chi connectivity index (χ1n) is 16.8. The van der Waals surface area contributed by atoms with Gasteiger partial charge in [-0.3, -0.25) is 0 Å². The number of ether oxygens (including phenoxy) is 1. The summed E-state index contributed by atoms with van der Waals surface area (Å²) in [6.45, 7) is 4.70. The summed E-state index contributed by atoms with van der Waals surface area (Å²) in [5, 5.41) is 0. The molecule has 48 heavy (non-hydrogen) atoms. The fraction of sp³-hybridized carbons (Fsp3) is 0.0870. The molecule has 0 amide bonds. The van der Waals surface area contributed by atoms with Crippen LogP contribution in [-0.2, 0) is 10.8 Å². The van der Waals surface area contributed by atoms with Crippen molar-refractivity contribution in [1.82, 2.24) is 0 Å². The van der Waals surface area contributed by atoms with Gasteiger partial charge in [0.05, 0.1) is 5.41 Å². The molecule has 0 saturated heterocycles. The molecule has 0 saturated carbocycles. The molecule has 1 aliphatic heterocycles. The molecular formula is C46H33NO. The monoisotopic (exact) mass is 615 g/mol. The van der Waals surface area contributed by atoms with E-state index >= 15 is 0 Å². The van der Waals surface area contributed by atoms with Gasteiger partial charge >= 0.3 is 0 Å². The van der Waals surface area contributed by atoms with E-state index in [0.29, 0.717) is 0 Å². The maximum absolute atomic E-state index is 6.75. The van der Waals surface area contributed by atoms with Gasteiger partial charge in [0.25, 0.3) is 0 Å². The van der Waals surface area contributed by atoms with Crippen LogP contribution in [0, 0.1) is 0 Å². The molecule has 2 heteroatoms. The summed E-state index contributed by atoms with van der Waals surface area (Å²) in [5.74, 6) is 1.80. The van der Waals surface area contributed by atoms with Gasteiger partial charge in [-0.1, -0.05) is 129 Å². The highest BCUT2D eigenvalue weighted by Gasteiger charge is 2.51. The molecule has 2 nitrogen and oxygen atoms in total. The van der Waals surface area contributed by atoms with Crippen LogP contribution >= 0.6 is 0 Å². The number of fused-ring (bicyclic) bond motifs is 12. The van der Waals surface area contributed by atoms with E-state index in [0.717, 1.165) is 34.1 Å². The predicted molar refractivity (Wildman–Crippen MR) is 196 cm³/mol. The number of nitrogens with zero attached hydrogens (tertiary/aromatic N) is 1. The van der Waals surface area contributed by atoms with Gasteiger partial charge in [-0.15, -0.1) is 0 Å². The summed E-state index contributed by atoms with van der Waals surface area (Å²) in [4.78, 5) is 2.40. The molecule has 228 valence electrons. The second-order valence-corrected chi connectivity index (χ2v) is 13.7. The normalized spacial score (nSPS) is 15.0. The Morgan fingerprint density at radius 1 is 0.375 bits per heavy atom. The molecule has 2 aliphatic carbocycles. The second-order valence-electron chi connectivity index (χ2n) is 13.7. The molecule has 10 rings (SSSR count). The van der Waals surface area contributed by atoms with Crippen LogP contribution < -0.4 is 9.64 Å². The van der Waals surface area contributed by atoms with Gasteiger partial charge in [0.15, 0.2) is 0 Å². The summed E-state index contributed by atoms with van der Waals surface area (Å²) < 4.78 is 6.75. The molecule has 7 aromatic rings. The van der Waals surface area contributed by atoms with Gasteiger partial charge in [-0.2, -0.15) is 0 Å². The van der Waals surface area contributed by atoms with E-state index in [-0.39, 0.29) is 5.41 Å². The lowest BCUT2D eigenvalue weighted by molar-refractivity contribution is 0.436. The van der Waals surface area contributed by atoms with E-state index in [2.05, 4.69) is 183 Å². The Bertz CT molecular complexity index is 2370. The first-order valence-corrected chi connectivity index (χ1v) is 16.8. The van der Waals surface area contributed by atoms with Crippen molar-refractivity contribution in [3.8, 4) is 33.8 Å². The molecule has 0 fully saturated rings. The zero-order chi connectivity index (χ0) is 32.0. The Hall–Kier alpha value is -5.86. The number of hydrogen-bond acceptors (Lipinski definition) is 2. The SMILES string of the molecule is CC1(C)c2ccccc2-c2ccc(N(c3ccccc3)c3ccc4c(c3)C3(c5ccccc5O4)c4ccccc4-c4ccccc43)cc21. The topological polar surface area (TPSA) is 12.5 Å². The third-order valence-corrected chi connectivity index (χ3v) is 10.9. The van der Waals surface area contributed by atoms with E-state index < -0.39 is 5.41 Å². The summed E-state index contributed by atoms with van der Waals surface area (Å²) >= 11 is 0. The van der Waals surface area contributed by atoms with Gasteiger partial charge in [0, 0.05) is 33.6 Å². The van der Waals surface area contributed by atoms with Crippen LogP contribution in [0.1, 0.15) is 47.2 Å². The van der Waals surface area contributed by atoms with Crippen molar-refractivity contribution >= 4 is 17.1 Å². The number of benzene rings is 7. The minimum Gasteiger partial charge on any atom is -0.457 e. The van der Waals surface area contributed by atoms with Crippen molar-refractivity contribution < 1.29 is 4.74 Å². The number of anilines is 3. The van der Waals surface area contributed by atoms with Gasteiger partial charge in [0.1, 0.15) is 11.5 Å². The highest BCUT2D eigenvalue weighted by molar-refractivity contribution is 5.90. The highest BCUT2D eigenvalue weighted by Crippen LogP contribution is 2.62. The Kier molecular flexibility index (Phi) is 5.58. The third kappa shape index (κ3) is 3.52. The van der Waals surface area contributed by atoms with E-state index in [9.17, 15) is 0 Å². The number of rotatable bonds is 3. The van der Waals surface area contributed by atoms with E-state index in [4.69, 9.17) is 4.74 Å². The van der Waals surface area contributed by atoms with Crippen LogP contribution in [0.2, 0.25) is 0 Å². The summed E-state index contributed by atoms with van der Waals surface area (Å²) in [7, 11) is 0. The van der Waals surface area contributed by atoms with Crippen LogP contribution in [0.15, 0.2) is 164 Å². The lowest BCUT2D eigenvalue weighted by Gasteiger charge is -2.40. The van der Waals surface area contributed by atoms with Crippen molar-refractivity contribution in [3.63, 3.8) is 0 Å². The van der Waals surface area contributed by atoms with Gasteiger partial charge < -0.3 is 9.64 Å². The maximum Gasteiger partial charge on any atom is 0.132 e. The number of hydrogen-bond donors (Lipinski definition) is 0. The Morgan fingerprint density at radius 2 is 0.854 bits per heavy atom. The Morgan fingerprint density at radius 3 is 1.54 bits per heavy atom. The molecule has 0 radical (unpaired) electrons. The van der Waals surface area contributed by atoms with E-state index in [1.54, 1.807) is 0 Å². The zero-order valence-corrected chi connectivity index (χ0v) is 26.9. The Labute approximate surface area is 281 Å².